The van der Waals surface area contributed by atoms with Gasteiger partial charge in [-0.1, -0.05) is 13.0 Å². The summed E-state index contributed by atoms with van der Waals surface area (Å²) >= 11 is 0. The maximum atomic E-state index is 4.45. The van der Waals surface area contributed by atoms with Gasteiger partial charge in [-0.3, -0.25) is 0 Å². The lowest BCUT2D eigenvalue weighted by Crippen LogP contribution is -1.88. The molecule has 0 amide bonds. The Morgan fingerprint density at radius 1 is 1.50 bits per heavy atom. The Morgan fingerprint density at radius 3 is 3.08 bits per heavy atom. The van der Waals surface area contributed by atoms with Gasteiger partial charge < -0.3 is 4.40 Å². The van der Waals surface area contributed by atoms with Gasteiger partial charge in [0.05, 0.1) is 5.69 Å². The lowest BCUT2D eigenvalue weighted by Gasteiger charge is -1.97. The number of nitrogens with zero attached hydrogens (tertiary/aromatic N) is 2. The van der Waals surface area contributed by atoms with E-state index in [9.17, 15) is 0 Å². The number of aryl methyl sites for hydroxylation is 2. The van der Waals surface area contributed by atoms with Crippen LogP contribution in [0.25, 0.3) is 5.65 Å². The van der Waals surface area contributed by atoms with E-state index in [2.05, 4.69) is 34.6 Å². The Kier molecular flexibility index (Phi) is 1.61. The van der Waals surface area contributed by atoms with Crippen LogP contribution in [-0.4, -0.2) is 9.38 Å². The van der Waals surface area contributed by atoms with Gasteiger partial charge in [-0.15, -0.1) is 0 Å². The second kappa shape index (κ2) is 2.63. The van der Waals surface area contributed by atoms with E-state index in [1.165, 1.54) is 5.56 Å². The summed E-state index contributed by atoms with van der Waals surface area (Å²) in [5.74, 6) is 0. The summed E-state index contributed by atoms with van der Waals surface area (Å²) in [6, 6.07) is 4.19. The van der Waals surface area contributed by atoms with Crippen LogP contribution in [0, 0.1) is 6.92 Å². The van der Waals surface area contributed by atoms with Crippen molar-refractivity contribution in [1.29, 1.82) is 0 Å². The van der Waals surface area contributed by atoms with E-state index >= 15 is 0 Å². The largest absolute Gasteiger partial charge is 0.307 e. The van der Waals surface area contributed by atoms with E-state index in [-0.39, 0.29) is 0 Å². The molecule has 2 heterocycles. The van der Waals surface area contributed by atoms with Crippen molar-refractivity contribution in [1.82, 2.24) is 9.38 Å². The second-order valence-corrected chi connectivity index (χ2v) is 3.00. The number of pyridine rings is 1. The second-order valence-electron chi connectivity index (χ2n) is 3.00. The normalized spacial score (nSPS) is 10.8. The number of hydrogen-bond donors (Lipinski definition) is 0. The highest BCUT2D eigenvalue weighted by Crippen LogP contribution is 2.10. The third-order valence-corrected chi connectivity index (χ3v) is 2.06. The summed E-state index contributed by atoms with van der Waals surface area (Å²) in [5, 5.41) is 0. The number of rotatable bonds is 1. The van der Waals surface area contributed by atoms with Crippen molar-refractivity contribution in [3.05, 3.63) is 35.8 Å². The molecule has 0 saturated carbocycles. The van der Waals surface area contributed by atoms with Crippen LogP contribution in [0.5, 0.6) is 0 Å². The van der Waals surface area contributed by atoms with Gasteiger partial charge in [0.1, 0.15) is 5.65 Å². The standard InChI is InChI=1S/C10H12N2/c1-3-9-5-4-6-12-7-8(2)11-10(9)12/h4-7H,3H2,1-2H3. The van der Waals surface area contributed by atoms with Crippen molar-refractivity contribution in [2.24, 2.45) is 0 Å². The first-order valence-electron chi connectivity index (χ1n) is 4.24. The van der Waals surface area contributed by atoms with Gasteiger partial charge in [0.2, 0.25) is 0 Å². The van der Waals surface area contributed by atoms with Gasteiger partial charge in [-0.05, 0) is 25.0 Å². The van der Waals surface area contributed by atoms with E-state index < -0.39 is 0 Å². The molecule has 2 rings (SSSR count). The molecule has 0 aliphatic carbocycles. The van der Waals surface area contributed by atoms with E-state index in [4.69, 9.17) is 0 Å². The number of hydrogen-bond acceptors (Lipinski definition) is 1. The van der Waals surface area contributed by atoms with E-state index in [0.29, 0.717) is 0 Å². The van der Waals surface area contributed by atoms with Crippen molar-refractivity contribution >= 4 is 5.65 Å². The zero-order valence-electron chi connectivity index (χ0n) is 7.41. The van der Waals surface area contributed by atoms with Gasteiger partial charge >= 0.3 is 0 Å². The van der Waals surface area contributed by atoms with Crippen LogP contribution >= 0.6 is 0 Å². The number of fused-ring (bicyclic) bond motifs is 1. The first-order chi connectivity index (χ1) is 5.81. The molecule has 0 unspecified atom stereocenters. The Labute approximate surface area is 71.9 Å². The highest BCUT2D eigenvalue weighted by Gasteiger charge is 2.00. The SMILES string of the molecule is CCc1cccn2cc(C)nc12. The minimum atomic E-state index is 1.04. The van der Waals surface area contributed by atoms with Crippen molar-refractivity contribution in [3.63, 3.8) is 0 Å². The highest BCUT2D eigenvalue weighted by atomic mass is 15.0. The first kappa shape index (κ1) is 7.35. The van der Waals surface area contributed by atoms with E-state index in [1.54, 1.807) is 0 Å². The Morgan fingerprint density at radius 2 is 2.33 bits per heavy atom. The number of imidazole rings is 1. The molecular weight excluding hydrogens is 148 g/mol. The maximum Gasteiger partial charge on any atom is 0.140 e. The molecule has 2 aromatic rings. The molecule has 2 aromatic heterocycles. The zero-order chi connectivity index (χ0) is 8.55. The molecule has 0 atom stereocenters. The van der Waals surface area contributed by atoms with Crippen molar-refractivity contribution in [2.45, 2.75) is 20.3 Å². The average Bonchev–Trinajstić information content (AvgIpc) is 2.44. The van der Waals surface area contributed by atoms with Crippen LogP contribution in [0.1, 0.15) is 18.2 Å². The molecule has 2 nitrogen and oxygen atoms in total. The number of aromatic nitrogens is 2. The molecule has 0 N–H and O–H groups in total. The first-order valence-corrected chi connectivity index (χ1v) is 4.24. The fraction of sp³-hybridized carbons (Fsp3) is 0.300. The molecule has 12 heavy (non-hydrogen) atoms. The fourth-order valence-electron chi connectivity index (χ4n) is 1.47. The smallest absolute Gasteiger partial charge is 0.140 e. The quantitative estimate of drug-likeness (QED) is 0.625. The molecule has 0 bridgehead atoms. The van der Waals surface area contributed by atoms with Gasteiger partial charge in [0.25, 0.3) is 0 Å². The predicted molar refractivity (Wildman–Crippen MR) is 49.3 cm³/mol. The van der Waals surface area contributed by atoms with Gasteiger partial charge in [-0.25, -0.2) is 4.98 Å². The summed E-state index contributed by atoms with van der Waals surface area (Å²) in [6.45, 7) is 4.17. The molecule has 62 valence electrons. The Hall–Kier alpha value is -1.31. The molecule has 0 spiro atoms. The summed E-state index contributed by atoms with van der Waals surface area (Å²) in [6.07, 6.45) is 5.13. The minimum absolute atomic E-state index is 1.04. The lowest BCUT2D eigenvalue weighted by molar-refractivity contribution is 1.08. The molecular formula is C10H12N2. The molecule has 0 aliphatic rings. The summed E-state index contributed by atoms with van der Waals surface area (Å²) < 4.78 is 2.08. The third-order valence-electron chi connectivity index (χ3n) is 2.06. The van der Waals surface area contributed by atoms with E-state index in [0.717, 1.165) is 17.8 Å². The van der Waals surface area contributed by atoms with Crippen LogP contribution in [-0.2, 0) is 6.42 Å². The monoisotopic (exact) mass is 160 g/mol. The Balaban J connectivity index is 2.78. The predicted octanol–water partition coefficient (Wildman–Crippen LogP) is 2.21. The van der Waals surface area contributed by atoms with Gasteiger partial charge in [0.15, 0.2) is 0 Å². The minimum Gasteiger partial charge on any atom is -0.307 e. The Bertz CT molecular complexity index is 401. The van der Waals surface area contributed by atoms with Gasteiger partial charge in [0, 0.05) is 12.4 Å². The van der Waals surface area contributed by atoms with Crippen molar-refractivity contribution in [3.8, 4) is 0 Å². The van der Waals surface area contributed by atoms with Crippen LogP contribution in [0.15, 0.2) is 24.5 Å². The van der Waals surface area contributed by atoms with Gasteiger partial charge in [-0.2, -0.15) is 0 Å². The molecule has 2 heteroatoms. The topological polar surface area (TPSA) is 17.3 Å². The molecule has 0 radical (unpaired) electrons. The summed E-state index contributed by atoms with van der Waals surface area (Å²) in [5.41, 5.74) is 3.49. The maximum absolute atomic E-state index is 4.45. The van der Waals surface area contributed by atoms with Crippen LogP contribution in [0.3, 0.4) is 0 Å². The highest BCUT2D eigenvalue weighted by molar-refractivity contribution is 5.48. The molecule has 0 aromatic carbocycles. The van der Waals surface area contributed by atoms with E-state index in [1.807, 2.05) is 13.1 Å². The van der Waals surface area contributed by atoms with Crippen LogP contribution in [0.4, 0.5) is 0 Å². The summed E-state index contributed by atoms with van der Waals surface area (Å²) in [4.78, 5) is 4.45. The summed E-state index contributed by atoms with van der Waals surface area (Å²) in [7, 11) is 0. The average molecular weight is 160 g/mol. The lowest BCUT2D eigenvalue weighted by atomic mass is 10.2. The van der Waals surface area contributed by atoms with Crippen LogP contribution in [0.2, 0.25) is 0 Å². The van der Waals surface area contributed by atoms with Crippen molar-refractivity contribution < 1.29 is 0 Å². The molecule has 0 fully saturated rings. The fourth-order valence-corrected chi connectivity index (χ4v) is 1.47. The third kappa shape index (κ3) is 0.998. The van der Waals surface area contributed by atoms with Crippen LogP contribution < -0.4 is 0 Å². The molecule has 0 saturated heterocycles. The van der Waals surface area contributed by atoms with Crippen molar-refractivity contribution in [2.75, 3.05) is 0 Å². The molecule has 0 aliphatic heterocycles. The zero-order valence-corrected chi connectivity index (χ0v) is 7.41.